The Balaban J connectivity index is 1.44. The van der Waals surface area contributed by atoms with Crippen LogP contribution in [0.2, 0.25) is 5.02 Å². The summed E-state index contributed by atoms with van der Waals surface area (Å²) in [5, 5.41) is 5.75. The maximum Gasteiger partial charge on any atom is 0.338 e. The van der Waals surface area contributed by atoms with E-state index in [1.165, 1.54) is 36.0 Å². The number of carbonyl (C=O) groups excluding carboxylic acids is 2. The largest absolute Gasteiger partial charge is 0.457 e. The molecule has 0 radical (unpaired) electrons. The molecule has 3 aromatic rings. The molecule has 0 spiro atoms. The number of amides is 1. The van der Waals surface area contributed by atoms with E-state index in [1.54, 1.807) is 13.0 Å². The summed E-state index contributed by atoms with van der Waals surface area (Å²) >= 11 is 8.01. The predicted molar refractivity (Wildman–Crippen MR) is 148 cm³/mol. The zero-order valence-electron chi connectivity index (χ0n) is 20.4. The van der Waals surface area contributed by atoms with Crippen molar-refractivity contribution < 1.29 is 18.7 Å². The van der Waals surface area contributed by atoms with E-state index in [-0.39, 0.29) is 24.8 Å². The summed E-state index contributed by atoms with van der Waals surface area (Å²) in [5.41, 5.74) is 3.57. The second-order valence-corrected chi connectivity index (χ2v) is 9.95. The number of ether oxygens (including phenoxy) is 1. The van der Waals surface area contributed by atoms with E-state index in [2.05, 4.69) is 10.3 Å². The minimum atomic E-state index is -0.639. The zero-order chi connectivity index (χ0) is 26.6. The molecule has 3 aromatic carbocycles. The molecular weight excluding hydrogens is 525 g/mol. The van der Waals surface area contributed by atoms with Crippen molar-refractivity contribution in [2.24, 2.45) is 4.99 Å². The van der Waals surface area contributed by atoms with Crippen LogP contribution in [0.25, 0.3) is 0 Å². The van der Waals surface area contributed by atoms with Gasteiger partial charge in [0.05, 0.1) is 23.7 Å². The quantitative estimate of drug-likeness (QED) is 0.328. The summed E-state index contributed by atoms with van der Waals surface area (Å²) in [6.45, 7) is 1.88. The summed E-state index contributed by atoms with van der Waals surface area (Å²) in [6.07, 6.45) is 0.00966. The second kappa shape index (κ2) is 11.2. The van der Waals surface area contributed by atoms with E-state index in [9.17, 15) is 14.0 Å². The molecule has 0 bridgehead atoms. The molecule has 0 saturated carbocycles. The van der Waals surface area contributed by atoms with Gasteiger partial charge in [-0.3, -0.25) is 4.79 Å². The maximum absolute atomic E-state index is 13.5. The smallest absolute Gasteiger partial charge is 0.338 e. The van der Waals surface area contributed by atoms with Crippen molar-refractivity contribution in [3.8, 4) is 0 Å². The SMILES string of the molecule is CC1=C(C(=O)OCc2ccccc2)C(c2ccccc2Cl)N2C(CC(=O)Nc3ccc(F)cc3)=CSC2=N1. The summed E-state index contributed by atoms with van der Waals surface area (Å²) in [5.74, 6) is -1.18. The number of hydrogen-bond donors (Lipinski definition) is 1. The Morgan fingerprint density at radius 1 is 1.05 bits per heavy atom. The predicted octanol–water partition coefficient (Wildman–Crippen LogP) is 6.83. The Morgan fingerprint density at radius 2 is 1.76 bits per heavy atom. The summed E-state index contributed by atoms with van der Waals surface area (Å²) in [7, 11) is 0. The van der Waals surface area contributed by atoms with E-state index < -0.39 is 12.0 Å². The topological polar surface area (TPSA) is 71.0 Å². The molecule has 1 N–H and O–H groups in total. The number of carbonyl (C=O) groups is 2. The molecule has 6 nitrogen and oxygen atoms in total. The number of esters is 1. The van der Waals surface area contributed by atoms with Crippen LogP contribution in [-0.4, -0.2) is 21.9 Å². The van der Waals surface area contributed by atoms with Gasteiger partial charge < -0.3 is 15.0 Å². The van der Waals surface area contributed by atoms with E-state index in [1.807, 2.05) is 58.8 Å². The van der Waals surface area contributed by atoms with Crippen LogP contribution in [0.3, 0.4) is 0 Å². The summed E-state index contributed by atoms with van der Waals surface area (Å²) in [4.78, 5) is 33.0. The Morgan fingerprint density at radius 3 is 2.50 bits per heavy atom. The molecule has 2 heterocycles. The third-order valence-corrected chi connectivity index (χ3v) is 7.34. The number of amidine groups is 1. The van der Waals surface area contributed by atoms with E-state index in [0.717, 1.165) is 5.56 Å². The number of fused-ring (bicyclic) bond motifs is 1. The number of anilines is 1. The van der Waals surface area contributed by atoms with Crippen LogP contribution in [0, 0.1) is 5.82 Å². The number of nitrogens with one attached hydrogen (secondary N) is 1. The van der Waals surface area contributed by atoms with Crippen LogP contribution in [0.4, 0.5) is 10.1 Å². The molecule has 2 aliphatic heterocycles. The third kappa shape index (κ3) is 5.51. The van der Waals surface area contributed by atoms with Gasteiger partial charge in [0.15, 0.2) is 5.17 Å². The van der Waals surface area contributed by atoms with Crippen molar-refractivity contribution >= 4 is 46.1 Å². The fraction of sp³-hybridized carbons (Fsp3) is 0.138. The Hall–Kier alpha value is -3.88. The number of halogens is 2. The lowest BCUT2D eigenvalue weighted by molar-refractivity contribution is -0.141. The lowest BCUT2D eigenvalue weighted by Gasteiger charge is -2.36. The van der Waals surface area contributed by atoms with Crippen LogP contribution in [0.1, 0.15) is 30.5 Å². The standard InChI is InChI=1S/C29H23ClFN3O3S/c1-18-26(28(36)37-16-19-7-3-2-4-8-19)27(23-9-5-6-10-24(23)30)34-22(17-38-29(34)32-18)15-25(35)33-21-13-11-20(31)12-14-21/h2-14,17,27H,15-16H2,1H3,(H,33,35). The van der Waals surface area contributed by atoms with Crippen molar-refractivity contribution in [1.82, 2.24) is 4.90 Å². The number of hydrogen-bond acceptors (Lipinski definition) is 6. The summed E-state index contributed by atoms with van der Waals surface area (Å²) in [6, 6.07) is 21.6. The Labute approximate surface area is 228 Å². The number of allylic oxidation sites excluding steroid dienone is 1. The first kappa shape index (κ1) is 25.8. The fourth-order valence-corrected chi connectivity index (χ4v) is 5.53. The van der Waals surface area contributed by atoms with Gasteiger partial charge in [-0.2, -0.15) is 0 Å². The van der Waals surface area contributed by atoms with Gasteiger partial charge in [0.1, 0.15) is 12.4 Å². The highest BCUT2D eigenvalue weighted by Crippen LogP contribution is 2.46. The minimum absolute atomic E-state index is 0.00966. The molecule has 2 aliphatic rings. The average molecular weight is 548 g/mol. The molecule has 1 atom stereocenters. The molecule has 1 amide bonds. The highest BCUT2D eigenvalue weighted by Gasteiger charge is 2.41. The first-order valence-corrected chi connectivity index (χ1v) is 13.1. The van der Waals surface area contributed by atoms with E-state index in [0.29, 0.717) is 38.4 Å². The molecule has 0 saturated heterocycles. The van der Waals surface area contributed by atoms with Gasteiger partial charge in [-0.05, 0) is 53.8 Å². The van der Waals surface area contributed by atoms with Gasteiger partial charge in [-0.25, -0.2) is 14.2 Å². The summed E-state index contributed by atoms with van der Waals surface area (Å²) < 4.78 is 19.0. The monoisotopic (exact) mass is 547 g/mol. The second-order valence-electron chi connectivity index (χ2n) is 8.71. The first-order valence-electron chi connectivity index (χ1n) is 11.9. The number of aliphatic imine (C=N–C) groups is 1. The van der Waals surface area contributed by atoms with Gasteiger partial charge in [0, 0.05) is 16.4 Å². The minimum Gasteiger partial charge on any atom is -0.457 e. The van der Waals surface area contributed by atoms with Gasteiger partial charge in [0.25, 0.3) is 0 Å². The third-order valence-electron chi connectivity index (χ3n) is 6.10. The number of thioether (sulfide) groups is 1. The molecule has 0 aromatic heterocycles. The van der Waals surface area contributed by atoms with Crippen LogP contribution in [0.15, 0.2) is 106 Å². The lowest BCUT2D eigenvalue weighted by Crippen LogP contribution is -2.37. The average Bonchev–Trinajstić information content (AvgIpc) is 3.30. The highest BCUT2D eigenvalue weighted by atomic mass is 35.5. The number of nitrogens with zero attached hydrogens (tertiary/aromatic N) is 2. The van der Waals surface area contributed by atoms with Gasteiger partial charge in [-0.15, -0.1) is 0 Å². The van der Waals surface area contributed by atoms with Gasteiger partial charge >= 0.3 is 5.97 Å². The molecule has 1 unspecified atom stereocenters. The van der Waals surface area contributed by atoms with E-state index in [4.69, 9.17) is 16.3 Å². The lowest BCUT2D eigenvalue weighted by atomic mass is 9.93. The Kier molecular flexibility index (Phi) is 7.62. The molecular formula is C29H23ClFN3O3S. The van der Waals surface area contributed by atoms with Crippen molar-refractivity contribution in [3.63, 3.8) is 0 Å². The number of rotatable bonds is 7. The normalized spacial score (nSPS) is 16.5. The first-order chi connectivity index (χ1) is 18.4. The fourth-order valence-electron chi connectivity index (χ4n) is 4.33. The zero-order valence-corrected chi connectivity index (χ0v) is 21.9. The maximum atomic E-state index is 13.5. The number of benzene rings is 3. The molecule has 0 aliphatic carbocycles. The Bertz CT molecular complexity index is 1470. The van der Waals surface area contributed by atoms with Crippen LogP contribution < -0.4 is 5.32 Å². The van der Waals surface area contributed by atoms with Crippen molar-refractivity contribution in [1.29, 1.82) is 0 Å². The molecule has 38 heavy (non-hydrogen) atoms. The van der Waals surface area contributed by atoms with Gasteiger partial charge in [0.2, 0.25) is 5.91 Å². The van der Waals surface area contributed by atoms with Crippen molar-refractivity contribution in [2.45, 2.75) is 26.0 Å². The van der Waals surface area contributed by atoms with Crippen LogP contribution in [0.5, 0.6) is 0 Å². The van der Waals surface area contributed by atoms with Crippen molar-refractivity contribution in [2.75, 3.05) is 5.32 Å². The van der Waals surface area contributed by atoms with Gasteiger partial charge in [-0.1, -0.05) is 71.9 Å². The molecule has 0 fully saturated rings. The van der Waals surface area contributed by atoms with E-state index >= 15 is 0 Å². The van der Waals surface area contributed by atoms with Crippen LogP contribution in [-0.2, 0) is 20.9 Å². The molecule has 9 heteroatoms. The van der Waals surface area contributed by atoms with Crippen molar-refractivity contribution in [3.05, 3.63) is 123 Å². The highest BCUT2D eigenvalue weighted by molar-refractivity contribution is 8.16. The molecule has 5 rings (SSSR count). The van der Waals surface area contributed by atoms with Crippen LogP contribution >= 0.6 is 23.4 Å². The molecule has 192 valence electrons.